The number of anilines is 1. The number of alkyl halides is 1. The first-order valence-corrected chi connectivity index (χ1v) is 7.61. The van der Waals surface area contributed by atoms with E-state index in [1.165, 1.54) is 11.3 Å². The van der Waals surface area contributed by atoms with Gasteiger partial charge in [-0.1, -0.05) is 41.7 Å². The number of rotatable bonds is 3. The Hall–Kier alpha value is -2.30. The minimum atomic E-state index is -2.03. The van der Waals surface area contributed by atoms with Gasteiger partial charge < -0.3 is 5.32 Å². The summed E-state index contributed by atoms with van der Waals surface area (Å²) in [5.41, 5.74) is -1.09. The molecule has 0 saturated carbocycles. The first-order valence-electron chi connectivity index (χ1n) is 6.79. The van der Waals surface area contributed by atoms with Crippen molar-refractivity contribution in [2.45, 2.75) is 12.1 Å². The van der Waals surface area contributed by atoms with Gasteiger partial charge in [-0.05, 0) is 12.1 Å². The van der Waals surface area contributed by atoms with Crippen molar-refractivity contribution in [3.8, 4) is 16.6 Å². The van der Waals surface area contributed by atoms with Crippen molar-refractivity contribution < 1.29 is 9.18 Å². The van der Waals surface area contributed by atoms with Gasteiger partial charge in [0.1, 0.15) is 0 Å². The van der Waals surface area contributed by atoms with Gasteiger partial charge in [0.05, 0.1) is 4.88 Å². The number of carbonyl (C=O) groups is 1. The molecule has 0 radical (unpaired) electrons. The topological polar surface area (TPSA) is 69.0 Å². The summed E-state index contributed by atoms with van der Waals surface area (Å²) in [6.07, 6.45) is 3.41. The zero-order chi connectivity index (χ0) is 15.6. The van der Waals surface area contributed by atoms with Crippen molar-refractivity contribution in [2.75, 3.05) is 18.0 Å². The molecule has 1 amide bonds. The van der Waals surface area contributed by atoms with Crippen LogP contribution >= 0.6 is 11.3 Å². The quantitative estimate of drug-likeness (QED) is 0.697. The maximum absolute atomic E-state index is 14.5. The fraction of sp³-hybridized carbons (Fsp3) is 0.267. The summed E-state index contributed by atoms with van der Waals surface area (Å²) in [6.45, 7) is 0.357. The highest BCUT2D eigenvalue weighted by atomic mass is 32.1. The second-order valence-corrected chi connectivity index (χ2v) is 6.01. The molecule has 1 fully saturated rings. The molecule has 7 heteroatoms. The van der Waals surface area contributed by atoms with Crippen LogP contribution in [0.4, 0.5) is 9.52 Å². The van der Waals surface area contributed by atoms with E-state index in [0.29, 0.717) is 6.54 Å². The van der Waals surface area contributed by atoms with Gasteiger partial charge in [-0.15, -0.1) is 0 Å². The molecule has 1 aromatic heterocycles. The van der Waals surface area contributed by atoms with E-state index in [0.717, 1.165) is 15.3 Å². The third-order valence-electron chi connectivity index (χ3n) is 3.53. The number of nitrogens with zero attached hydrogens (tertiary/aromatic N) is 3. The number of aromatic nitrogens is 1. The minimum Gasteiger partial charge on any atom is -0.313 e. The van der Waals surface area contributed by atoms with Crippen LogP contribution < -0.4 is 10.2 Å². The van der Waals surface area contributed by atoms with Crippen molar-refractivity contribution >= 4 is 22.4 Å². The average Bonchev–Trinajstić information content (AvgIpc) is 3.19. The van der Waals surface area contributed by atoms with Gasteiger partial charge in [0.25, 0.3) is 5.91 Å². The molecule has 1 aromatic carbocycles. The average molecular weight is 316 g/mol. The van der Waals surface area contributed by atoms with Crippen LogP contribution in [0.15, 0.2) is 36.5 Å². The van der Waals surface area contributed by atoms with Crippen molar-refractivity contribution in [3.05, 3.63) is 36.5 Å². The highest BCUT2D eigenvalue weighted by Crippen LogP contribution is 2.33. The Morgan fingerprint density at radius 2 is 2.23 bits per heavy atom. The molecule has 1 N–H and O–H groups in total. The Balaban J connectivity index is 1.88. The van der Waals surface area contributed by atoms with E-state index in [4.69, 9.17) is 0 Å². The normalized spacial score (nSPS) is 20.5. The van der Waals surface area contributed by atoms with Crippen LogP contribution in [0.3, 0.4) is 0 Å². The summed E-state index contributed by atoms with van der Waals surface area (Å²) in [5.74, 6) is -0.853. The molecule has 0 spiro atoms. The predicted molar refractivity (Wildman–Crippen MR) is 82.0 cm³/mol. The van der Waals surface area contributed by atoms with Crippen LogP contribution in [0.5, 0.6) is 0 Å². The molecule has 112 valence electrons. The van der Waals surface area contributed by atoms with E-state index in [9.17, 15) is 14.4 Å². The van der Waals surface area contributed by atoms with E-state index in [1.807, 2.05) is 30.3 Å². The summed E-state index contributed by atoms with van der Waals surface area (Å²) in [4.78, 5) is 18.0. The molecule has 1 unspecified atom stereocenters. The largest absolute Gasteiger partial charge is 0.313 e. The van der Waals surface area contributed by atoms with Crippen molar-refractivity contribution in [1.82, 2.24) is 10.3 Å². The summed E-state index contributed by atoms with van der Waals surface area (Å²) in [5, 5.41) is 12.2. The van der Waals surface area contributed by atoms with E-state index >= 15 is 0 Å². The first-order chi connectivity index (χ1) is 10.6. The van der Waals surface area contributed by atoms with Crippen LogP contribution in [0.25, 0.3) is 10.4 Å². The third-order valence-corrected chi connectivity index (χ3v) is 4.56. The Kier molecular flexibility index (Phi) is 3.88. The van der Waals surface area contributed by atoms with Crippen LogP contribution in [0, 0.1) is 11.5 Å². The number of nitrogens with one attached hydrogen (secondary N) is 1. The number of hydrogen-bond acceptors (Lipinski definition) is 5. The molecule has 1 atom stereocenters. The molecule has 22 heavy (non-hydrogen) atoms. The van der Waals surface area contributed by atoms with E-state index in [-0.39, 0.29) is 18.1 Å². The lowest BCUT2D eigenvalue weighted by Crippen LogP contribution is -2.45. The maximum Gasteiger partial charge on any atom is 0.281 e. The molecular formula is C15H13FN4OS. The lowest BCUT2D eigenvalue weighted by molar-refractivity contribution is -0.128. The van der Waals surface area contributed by atoms with Crippen LogP contribution in [-0.2, 0) is 4.79 Å². The first kappa shape index (κ1) is 14.6. The molecule has 1 aliphatic heterocycles. The predicted octanol–water partition coefficient (Wildman–Crippen LogP) is 2.33. The highest BCUT2D eigenvalue weighted by molar-refractivity contribution is 7.19. The Bertz CT molecular complexity index is 719. The number of carbonyl (C=O) groups excluding carboxylic acids is 1. The number of benzene rings is 1. The van der Waals surface area contributed by atoms with Gasteiger partial charge in [-0.3, -0.25) is 4.79 Å². The van der Waals surface area contributed by atoms with Gasteiger partial charge in [-0.2, -0.15) is 10.2 Å². The van der Waals surface area contributed by atoms with Gasteiger partial charge in [0, 0.05) is 19.2 Å². The minimum absolute atomic E-state index is 0.0685. The molecule has 5 nitrogen and oxygen atoms in total. The third kappa shape index (κ3) is 2.58. The fourth-order valence-corrected chi connectivity index (χ4v) is 3.20. The standard InChI is InChI=1S/C15H13FN4OS/c16-15(6-7-18-9-15)13(21)20(10-17)14-19-8-12(22-14)11-4-2-1-3-5-11/h1-5,8,18H,6-7,9H2. The second kappa shape index (κ2) is 5.83. The van der Waals surface area contributed by atoms with Gasteiger partial charge in [-0.25, -0.2) is 9.37 Å². The van der Waals surface area contributed by atoms with E-state index < -0.39 is 11.6 Å². The number of halogens is 1. The smallest absolute Gasteiger partial charge is 0.281 e. The van der Waals surface area contributed by atoms with Gasteiger partial charge in [0.15, 0.2) is 6.19 Å². The summed E-state index contributed by atoms with van der Waals surface area (Å²) < 4.78 is 14.5. The zero-order valence-corrected chi connectivity index (χ0v) is 12.4. The number of amides is 1. The van der Waals surface area contributed by atoms with Gasteiger partial charge >= 0.3 is 0 Å². The van der Waals surface area contributed by atoms with Crippen LogP contribution in [0.1, 0.15) is 6.42 Å². The zero-order valence-electron chi connectivity index (χ0n) is 11.6. The molecule has 0 aliphatic carbocycles. The fourth-order valence-electron chi connectivity index (χ4n) is 2.32. The number of hydrogen-bond donors (Lipinski definition) is 1. The lowest BCUT2D eigenvalue weighted by Gasteiger charge is -2.20. The van der Waals surface area contributed by atoms with Crippen LogP contribution in [-0.4, -0.2) is 29.6 Å². The molecule has 3 rings (SSSR count). The van der Waals surface area contributed by atoms with Gasteiger partial charge in [0.2, 0.25) is 10.8 Å². The molecule has 0 bridgehead atoms. The Morgan fingerprint density at radius 1 is 1.45 bits per heavy atom. The molecule has 1 aliphatic rings. The maximum atomic E-state index is 14.5. The Morgan fingerprint density at radius 3 is 2.86 bits per heavy atom. The summed E-state index contributed by atoms with van der Waals surface area (Å²) in [7, 11) is 0. The molecule has 2 heterocycles. The number of thiazole rings is 1. The van der Waals surface area contributed by atoms with E-state index in [1.54, 1.807) is 12.4 Å². The van der Waals surface area contributed by atoms with Crippen molar-refractivity contribution in [2.24, 2.45) is 0 Å². The van der Waals surface area contributed by atoms with Crippen LogP contribution in [0.2, 0.25) is 0 Å². The SMILES string of the molecule is N#CN(C(=O)C1(F)CCNC1)c1ncc(-c2ccccc2)s1. The summed E-state index contributed by atoms with van der Waals surface area (Å²) >= 11 is 1.19. The molecule has 2 aromatic rings. The van der Waals surface area contributed by atoms with Crippen molar-refractivity contribution in [3.63, 3.8) is 0 Å². The highest BCUT2D eigenvalue weighted by Gasteiger charge is 2.45. The van der Waals surface area contributed by atoms with Crippen molar-refractivity contribution in [1.29, 1.82) is 5.26 Å². The summed E-state index contributed by atoms with van der Waals surface area (Å²) in [6, 6.07) is 9.50. The molecule has 1 saturated heterocycles. The number of nitriles is 1. The second-order valence-electron chi connectivity index (χ2n) is 5.01. The Labute approximate surface area is 131 Å². The monoisotopic (exact) mass is 316 g/mol. The molecular weight excluding hydrogens is 303 g/mol. The lowest BCUT2D eigenvalue weighted by atomic mass is 10.0. The van der Waals surface area contributed by atoms with E-state index in [2.05, 4.69) is 10.3 Å².